The molecule has 2 rings (SSSR count). The number of aliphatic carboxylic acids is 1. The molecule has 1 heterocycles. The molecule has 0 radical (unpaired) electrons. The molecular formula is C20H27F2NO5. The molecule has 0 spiro atoms. The summed E-state index contributed by atoms with van der Waals surface area (Å²) in [4.78, 5) is 27.5. The zero-order valence-electron chi connectivity index (χ0n) is 15.8. The monoisotopic (exact) mass is 399 g/mol. The predicted octanol–water partition coefficient (Wildman–Crippen LogP) is 3.93. The van der Waals surface area contributed by atoms with Gasteiger partial charge in [-0.15, -0.1) is 0 Å². The minimum Gasteiger partial charge on any atom is -0.477 e. The third kappa shape index (κ3) is 7.16. The molecule has 8 heteroatoms. The fraction of sp³-hybridized carbons (Fsp3) is 0.600. The first-order valence-electron chi connectivity index (χ1n) is 9.66. The van der Waals surface area contributed by atoms with Crippen LogP contribution in [0.5, 0.6) is 0 Å². The van der Waals surface area contributed by atoms with E-state index in [1.807, 2.05) is 0 Å². The van der Waals surface area contributed by atoms with Gasteiger partial charge >= 0.3 is 11.9 Å². The van der Waals surface area contributed by atoms with Crippen LogP contribution in [0.1, 0.15) is 62.5 Å². The van der Waals surface area contributed by atoms with E-state index in [-0.39, 0.29) is 12.2 Å². The third-order valence-electron chi connectivity index (χ3n) is 4.65. The van der Waals surface area contributed by atoms with Gasteiger partial charge in [0.2, 0.25) is 5.91 Å². The molecule has 1 aliphatic rings. The lowest BCUT2D eigenvalue weighted by Gasteiger charge is -2.22. The summed E-state index contributed by atoms with van der Waals surface area (Å²) < 4.78 is 32.1. The van der Waals surface area contributed by atoms with Gasteiger partial charge in [0.25, 0.3) is 0 Å². The molecule has 0 aromatic heterocycles. The van der Waals surface area contributed by atoms with Crippen LogP contribution >= 0.6 is 0 Å². The Labute approximate surface area is 163 Å². The number of hydrogen-bond donors (Lipinski definition) is 2. The number of aryl methyl sites for hydroxylation is 1. The molecule has 1 amide bonds. The van der Waals surface area contributed by atoms with E-state index in [1.165, 1.54) is 12.1 Å². The van der Waals surface area contributed by atoms with Crippen molar-refractivity contribution in [2.24, 2.45) is 0 Å². The van der Waals surface area contributed by atoms with Gasteiger partial charge in [0.1, 0.15) is 0 Å². The van der Waals surface area contributed by atoms with Gasteiger partial charge in [-0.3, -0.25) is 4.79 Å². The predicted molar refractivity (Wildman–Crippen MR) is 97.6 cm³/mol. The number of carbonyl (C=O) groups is 2. The Kier molecular flexibility index (Phi) is 8.79. The topological polar surface area (TPSA) is 84.9 Å². The van der Waals surface area contributed by atoms with Crippen molar-refractivity contribution in [2.75, 3.05) is 6.61 Å². The Morgan fingerprint density at radius 3 is 2.50 bits per heavy atom. The second kappa shape index (κ2) is 11.1. The maximum Gasteiger partial charge on any atom is 0.379 e. The highest BCUT2D eigenvalue weighted by molar-refractivity contribution is 5.77. The Bertz CT molecular complexity index is 630. The fourth-order valence-electron chi connectivity index (χ4n) is 2.96. The maximum atomic E-state index is 13.4. The average Bonchev–Trinajstić information content (AvgIpc) is 2.70. The Morgan fingerprint density at radius 2 is 1.86 bits per heavy atom. The molecule has 2 N–H and O–H groups in total. The first-order valence-corrected chi connectivity index (χ1v) is 9.66. The molecule has 1 aliphatic heterocycles. The Morgan fingerprint density at radius 1 is 1.14 bits per heavy atom. The first kappa shape index (κ1) is 22.2. The average molecular weight is 399 g/mol. The second-order valence-corrected chi connectivity index (χ2v) is 6.93. The molecular weight excluding hydrogens is 372 g/mol. The van der Waals surface area contributed by atoms with Crippen molar-refractivity contribution in [3.8, 4) is 0 Å². The van der Waals surface area contributed by atoms with Gasteiger partial charge < -0.3 is 9.84 Å². The number of nitrogens with one attached hydrogen (secondary N) is 1. The van der Waals surface area contributed by atoms with E-state index in [9.17, 15) is 18.4 Å². The number of carboxylic acid groups (broad SMARTS) is 1. The molecule has 156 valence electrons. The summed E-state index contributed by atoms with van der Waals surface area (Å²) in [5.41, 5.74) is 2.79. The quantitative estimate of drug-likeness (QED) is 0.435. The van der Waals surface area contributed by atoms with Crippen LogP contribution in [0, 0.1) is 0 Å². The van der Waals surface area contributed by atoms with E-state index in [1.54, 1.807) is 0 Å². The molecule has 1 atom stereocenters. The van der Waals surface area contributed by atoms with E-state index in [0.717, 1.165) is 62.6 Å². The Balaban J connectivity index is 1.55. The van der Waals surface area contributed by atoms with Gasteiger partial charge in [0.05, 0.1) is 0 Å². The minimum absolute atomic E-state index is 0.163. The van der Waals surface area contributed by atoms with Crippen molar-refractivity contribution in [2.45, 2.75) is 70.0 Å². The summed E-state index contributed by atoms with van der Waals surface area (Å²) in [6.45, 7) is 0.658. The molecule has 1 fully saturated rings. The first-order chi connectivity index (χ1) is 13.4. The highest BCUT2D eigenvalue weighted by Crippen LogP contribution is 2.28. The number of hydrogen-bond acceptors (Lipinski definition) is 4. The number of hydroxylamine groups is 1. The van der Waals surface area contributed by atoms with Gasteiger partial charge in [0.15, 0.2) is 6.29 Å². The standard InChI is InChI=1S/C20H27F2NO5/c21-20(22,19(25)26)16-12-10-15(11-13-16)7-3-1-2-4-8-17(24)23-28-18-9-5-6-14-27-18/h10-13,18H,1-9,14H2,(H,23,24)(H,25,26). The number of amides is 1. The highest BCUT2D eigenvalue weighted by Gasteiger charge is 2.40. The number of unbranched alkanes of at least 4 members (excludes halogenated alkanes) is 3. The lowest BCUT2D eigenvalue weighted by atomic mass is 10.0. The van der Waals surface area contributed by atoms with Crippen LogP contribution in [-0.4, -0.2) is 29.9 Å². The van der Waals surface area contributed by atoms with E-state index in [0.29, 0.717) is 19.4 Å². The third-order valence-corrected chi connectivity index (χ3v) is 4.65. The normalized spacial score (nSPS) is 17.3. The molecule has 1 saturated heterocycles. The number of benzene rings is 1. The van der Waals surface area contributed by atoms with Crippen molar-refractivity contribution in [1.82, 2.24) is 5.48 Å². The van der Waals surface area contributed by atoms with Crippen molar-refractivity contribution >= 4 is 11.9 Å². The smallest absolute Gasteiger partial charge is 0.379 e. The van der Waals surface area contributed by atoms with Crippen LogP contribution < -0.4 is 5.48 Å². The van der Waals surface area contributed by atoms with E-state index in [4.69, 9.17) is 14.7 Å². The number of carbonyl (C=O) groups excluding carboxylic acids is 1. The summed E-state index contributed by atoms with van der Waals surface area (Å²) in [7, 11) is 0. The highest BCUT2D eigenvalue weighted by atomic mass is 19.3. The molecule has 0 bridgehead atoms. The van der Waals surface area contributed by atoms with Crippen LogP contribution in [0.2, 0.25) is 0 Å². The number of alkyl halides is 2. The zero-order valence-corrected chi connectivity index (χ0v) is 15.8. The number of ether oxygens (including phenoxy) is 1. The van der Waals surface area contributed by atoms with Gasteiger partial charge in [-0.2, -0.15) is 8.78 Å². The van der Waals surface area contributed by atoms with Gasteiger partial charge in [-0.25, -0.2) is 15.1 Å². The largest absolute Gasteiger partial charge is 0.477 e. The maximum absolute atomic E-state index is 13.4. The molecule has 0 saturated carbocycles. The SMILES string of the molecule is O=C(CCCCCCc1ccc(C(F)(F)C(=O)O)cc1)NOC1CCCCO1. The van der Waals surface area contributed by atoms with Crippen LogP contribution in [0.15, 0.2) is 24.3 Å². The molecule has 1 aromatic rings. The fourth-order valence-corrected chi connectivity index (χ4v) is 2.96. The van der Waals surface area contributed by atoms with Crippen LogP contribution in [0.3, 0.4) is 0 Å². The van der Waals surface area contributed by atoms with Crippen molar-refractivity contribution in [3.63, 3.8) is 0 Å². The molecule has 0 aliphatic carbocycles. The van der Waals surface area contributed by atoms with Crippen molar-refractivity contribution in [3.05, 3.63) is 35.4 Å². The number of halogens is 2. The van der Waals surface area contributed by atoms with Crippen molar-refractivity contribution < 1.29 is 33.1 Å². The summed E-state index contributed by atoms with van der Waals surface area (Å²) in [5.74, 6) is -6.18. The minimum atomic E-state index is -3.87. The number of carboxylic acids is 1. The number of rotatable bonds is 11. The summed E-state index contributed by atoms with van der Waals surface area (Å²) >= 11 is 0. The molecule has 1 aromatic carbocycles. The van der Waals surface area contributed by atoms with E-state index >= 15 is 0 Å². The van der Waals surface area contributed by atoms with Crippen LogP contribution in [0.25, 0.3) is 0 Å². The molecule has 1 unspecified atom stereocenters. The van der Waals surface area contributed by atoms with E-state index in [2.05, 4.69) is 5.48 Å². The Hall–Kier alpha value is -2.06. The summed E-state index contributed by atoms with van der Waals surface area (Å²) in [6.07, 6.45) is 6.98. The second-order valence-electron chi connectivity index (χ2n) is 6.93. The summed E-state index contributed by atoms with van der Waals surface area (Å²) in [6, 6.07) is 5.38. The van der Waals surface area contributed by atoms with Gasteiger partial charge in [-0.1, -0.05) is 37.1 Å². The molecule has 6 nitrogen and oxygen atoms in total. The lowest BCUT2D eigenvalue weighted by molar-refractivity contribution is -0.200. The lowest BCUT2D eigenvalue weighted by Crippen LogP contribution is -2.32. The van der Waals surface area contributed by atoms with Gasteiger partial charge in [0, 0.05) is 25.0 Å². The van der Waals surface area contributed by atoms with Crippen LogP contribution in [-0.2, 0) is 31.5 Å². The van der Waals surface area contributed by atoms with E-state index < -0.39 is 17.5 Å². The molecule has 28 heavy (non-hydrogen) atoms. The van der Waals surface area contributed by atoms with Crippen LogP contribution in [0.4, 0.5) is 8.78 Å². The van der Waals surface area contributed by atoms with Gasteiger partial charge in [-0.05, 0) is 37.7 Å². The van der Waals surface area contributed by atoms with Crippen molar-refractivity contribution in [1.29, 1.82) is 0 Å². The summed E-state index contributed by atoms with van der Waals surface area (Å²) in [5, 5.41) is 8.53. The zero-order chi connectivity index (χ0) is 20.4.